The lowest BCUT2D eigenvalue weighted by atomic mass is 9.89. The van der Waals surface area contributed by atoms with Gasteiger partial charge < -0.3 is 29.8 Å². The zero-order valence-electron chi connectivity index (χ0n) is 24.6. The molecular formula is C32H40N6O4. The van der Waals surface area contributed by atoms with Crippen molar-refractivity contribution in [2.24, 2.45) is 0 Å². The Labute approximate surface area is 246 Å². The Morgan fingerprint density at radius 1 is 0.952 bits per heavy atom. The highest BCUT2D eigenvalue weighted by Crippen LogP contribution is 2.41. The van der Waals surface area contributed by atoms with Crippen LogP contribution < -0.4 is 15.2 Å². The van der Waals surface area contributed by atoms with E-state index in [4.69, 9.17) is 30.1 Å². The number of hydrogen-bond donors (Lipinski definition) is 2. The second kappa shape index (κ2) is 13.2. The number of nitrogen functional groups attached to an aromatic ring is 1. The third-order valence-electron chi connectivity index (χ3n) is 8.20. The predicted octanol–water partition coefficient (Wildman–Crippen LogP) is 5.30. The third kappa shape index (κ3) is 6.66. The van der Waals surface area contributed by atoms with E-state index >= 15 is 0 Å². The van der Waals surface area contributed by atoms with Crippen LogP contribution >= 0.6 is 0 Å². The Hall–Kier alpha value is -4.15. The van der Waals surface area contributed by atoms with Crippen molar-refractivity contribution in [1.29, 1.82) is 0 Å². The van der Waals surface area contributed by atoms with Crippen LogP contribution in [0.15, 0.2) is 61.1 Å². The van der Waals surface area contributed by atoms with Gasteiger partial charge in [0.05, 0.1) is 12.5 Å². The summed E-state index contributed by atoms with van der Waals surface area (Å²) in [5, 5.41) is 8.31. The first-order chi connectivity index (χ1) is 20.3. The van der Waals surface area contributed by atoms with Crippen LogP contribution in [0.4, 0.5) is 5.82 Å². The molecule has 0 atom stereocenters. The van der Waals surface area contributed by atoms with E-state index < -0.39 is 5.97 Å². The summed E-state index contributed by atoms with van der Waals surface area (Å²) in [5.41, 5.74) is 9.36. The number of benzene rings is 2. The molecule has 3 heterocycles. The quantitative estimate of drug-likeness (QED) is 0.317. The van der Waals surface area contributed by atoms with Gasteiger partial charge in [0.1, 0.15) is 23.5 Å². The largest absolute Gasteiger partial charge is 0.493 e. The Morgan fingerprint density at radius 3 is 2.29 bits per heavy atom. The van der Waals surface area contributed by atoms with Crippen molar-refractivity contribution in [3.8, 4) is 28.4 Å². The van der Waals surface area contributed by atoms with Gasteiger partial charge >= 0.3 is 0 Å². The van der Waals surface area contributed by atoms with E-state index in [0.717, 1.165) is 47.7 Å². The van der Waals surface area contributed by atoms with Crippen LogP contribution in [-0.4, -0.2) is 81.8 Å². The fourth-order valence-corrected chi connectivity index (χ4v) is 6.03. The number of fused-ring (bicyclic) bond motifs is 1. The molecule has 2 aromatic heterocycles. The van der Waals surface area contributed by atoms with Crippen molar-refractivity contribution in [3.05, 3.63) is 61.1 Å². The molecule has 6 rings (SSSR count). The summed E-state index contributed by atoms with van der Waals surface area (Å²) in [6.45, 7) is 5.77. The van der Waals surface area contributed by atoms with Gasteiger partial charge in [-0.3, -0.25) is 9.69 Å². The third-order valence-corrected chi connectivity index (χ3v) is 8.20. The van der Waals surface area contributed by atoms with E-state index in [-0.39, 0.29) is 0 Å². The standard InChI is InChI=1S/C30H36N6O2.C2H4O2/c1-34-14-16-35(17-15-34)22-9-11-23(12-10-22)36-19-25(28-29(31)32-20-33-30(28)36)21-8-13-26(27(18-21)37-2)38-24-6-4-3-5-7-24;1-2(3)4/h3-8,13,18-20,22-23H,9-12,14-17H2,1-2H3,(H2,31,32,33);1H3,(H,3,4)/t22-,23-;. The van der Waals surface area contributed by atoms with E-state index in [2.05, 4.69) is 38.7 Å². The SMILES string of the molecule is CC(=O)O.COc1cc(-c2cn([C@H]3CC[C@H](N4CCN(C)CC4)CC3)c3ncnc(N)c23)ccc1Oc1ccccc1. The van der Waals surface area contributed by atoms with Gasteiger partial charge in [-0.15, -0.1) is 0 Å². The molecule has 0 bridgehead atoms. The molecule has 0 unspecified atom stereocenters. The van der Waals surface area contributed by atoms with Gasteiger partial charge in [0.15, 0.2) is 11.5 Å². The van der Waals surface area contributed by atoms with Gasteiger partial charge in [-0.2, -0.15) is 0 Å². The molecule has 1 aliphatic heterocycles. The average molecular weight is 573 g/mol. The van der Waals surface area contributed by atoms with Gasteiger partial charge in [0, 0.05) is 56.9 Å². The highest BCUT2D eigenvalue weighted by molar-refractivity contribution is 6.01. The maximum Gasteiger partial charge on any atom is 0.300 e. The molecule has 0 spiro atoms. The minimum absolute atomic E-state index is 0.395. The number of nitrogens with zero attached hydrogens (tertiary/aromatic N) is 5. The maximum atomic E-state index is 9.00. The molecule has 10 heteroatoms. The monoisotopic (exact) mass is 572 g/mol. The molecule has 1 aliphatic carbocycles. The van der Waals surface area contributed by atoms with Crippen LogP contribution in [0.2, 0.25) is 0 Å². The molecule has 1 saturated carbocycles. The number of methoxy groups -OCH3 is 1. The Kier molecular flexibility index (Phi) is 9.24. The van der Waals surface area contributed by atoms with E-state index in [1.165, 1.54) is 39.0 Å². The fraction of sp³-hybridized carbons (Fsp3) is 0.406. The molecule has 10 nitrogen and oxygen atoms in total. The number of nitrogens with two attached hydrogens (primary N) is 1. The molecule has 222 valence electrons. The first-order valence-electron chi connectivity index (χ1n) is 14.5. The van der Waals surface area contributed by atoms with Crippen LogP contribution in [0.3, 0.4) is 0 Å². The van der Waals surface area contributed by atoms with Crippen molar-refractivity contribution < 1.29 is 19.4 Å². The van der Waals surface area contributed by atoms with Gasteiger partial charge in [0.2, 0.25) is 0 Å². The minimum Gasteiger partial charge on any atom is -0.493 e. The number of carboxylic acid groups (broad SMARTS) is 1. The number of aromatic nitrogens is 3. The highest BCUT2D eigenvalue weighted by atomic mass is 16.5. The van der Waals surface area contributed by atoms with Crippen LogP contribution in [0.25, 0.3) is 22.2 Å². The van der Waals surface area contributed by atoms with Gasteiger partial charge in [-0.1, -0.05) is 24.3 Å². The van der Waals surface area contributed by atoms with Gasteiger partial charge in [-0.05, 0) is 62.6 Å². The van der Waals surface area contributed by atoms with Crippen molar-refractivity contribution in [2.45, 2.75) is 44.7 Å². The Morgan fingerprint density at radius 2 is 1.62 bits per heavy atom. The topological polar surface area (TPSA) is 119 Å². The minimum atomic E-state index is -0.833. The zero-order chi connectivity index (χ0) is 29.6. The molecule has 2 aromatic carbocycles. The zero-order valence-corrected chi connectivity index (χ0v) is 24.6. The van der Waals surface area contributed by atoms with Crippen molar-refractivity contribution >= 4 is 22.8 Å². The number of ether oxygens (including phenoxy) is 2. The first-order valence-corrected chi connectivity index (χ1v) is 14.5. The predicted molar refractivity (Wildman–Crippen MR) is 164 cm³/mol. The summed E-state index contributed by atoms with van der Waals surface area (Å²) in [4.78, 5) is 23.2. The number of hydrogen-bond acceptors (Lipinski definition) is 8. The van der Waals surface area contributed by atoms with E-state index in [9.17, 15) is 0 Å². The molecule has 2 fully saturated rings. The summed E-state index contributed by atoms with van der Waals surface area (Å²) < 4.78 is 14.1. The second-order valence-electron chi connectivity index (χ2n) is 11.0. The number of likely N-dealkylation sites (N-methyl/N-ethyl adjacent to an activating group) is 1. The molecule has 0 radical (unpaired) electrons. The van der Waals surface area contributed by atoms with E-state index in [0.29, 0.717) is 29.4 Å². The number of rotatable bonds is 6. The molecular weight excluding hydrogens is 532 g/mol. The van der Waals surface area contributed by atoms with Crippen LogP contribution in [0, 0.1) is 0 Å². The molecule has 42 heavy (non-hydrogen) atoms. The summed E-state index contributed by atoms with van der Waals surface area (Å²) in [6, 6.07) is 16.8. The van der Waals surface area contributed by atoms with Crippen molar-refractivity contribution in [1.82, 2.24) is 24.3 Å². The summed E-state index contributed by atoms with van der Waals surface area (Å²) in [6.07, 6.45) is 8.48. The summed E-state index contributed by atoms with van der Waals surface area (Å²) in [7, 11) is 3.88. The lowest BCUT2D eigenvalue weighted by Gasteiger charge is -2.41. The van der Waals surface area contributed by atoms with Crippen LogP contribution in [0.5, 0.6) is 17.2 Å². The van der Waals surface area contributed by atoms with Gasteiger partial charge in [-0.25, -0.2) is 9.97 Å². The first kappa shape index (κ1) is 29.3. The number of piperazine rings is 1. The molecule has 2 aliphatic rings. The average Bonchev–Trinajstić information content (AvgIpc) is 3.39. The fourth-order valence-electron chi connectivity index (χ4n) is 6.03. The number of carboxylic acids is 1. The number of anilines is 1. The number of carbonyl (C=O) groups is 1. The Balaban J connectivity index is 0.000000830. The smallest absolute Gasteiger partial charge is 0.300 e. The van der Waals surface area contributed by atoms with Crippen molar-refractivity contribution in [2.75, 3.05) is 46.1 Å². The normalized spacial score (nSPS) is 19.6. The molecule has 0 amide bonds. The number of aliphatic carboxylic acids is 1. The molecule has 3 N–H and O–H groups in total. The number of para-hydroxylation sites is 1. The summed E-state index contributed by atoms with van der Waals surface area (Å²) >= 11 is 0. The summed E-state index contributed by atoms with van der Waals surface area (Å²) in [5.74, 6) is 1.76. The Bertz CT molecular complexity index is 1490. The van der Waals surface area contributed by atoms with E-state index in [1.807, 2.05) is 42.5 Å². The lowest BCUT2D eigenvalue weighted by molar-refractivity contribution is -0.134. The lowest BCUT2D eigenvalue weighted by Crippen LogP contribution is -2.49. The van der Waals surface area contributed by atoms with Crippen molar-refractivity contribution in [3.63, 3.8) is 0 Å². The van der Waals surface area contributed by atoms with Crippen LogP contribution in [-0.2, 0) is 4.79 Å². The van der Waals surface area contributed by atoms with Crippen LogP contribution in [0.1, 0.15) is 38.6 Å². The molecule has 1 saturated heterocycles. The highest BCUT2D eigenvalue weighted by Gasteiger charge is 2.30. The maximum absolute atomic E-state index is 9.00. The molecule has 4 aromatic rings. The van der Waals surface area contributed by atoms with Gasteiger partial charge in [0.25, 0.3) is 5.97 Å². The second-order valence-corrected chi connectivity index (χ2v) is 11.0. The van der Waals surface area contributed by atoms with E-state index in [1.54, 1.807) is 13.4 Å².